The summed E-state index contributed by atoms with van der Waals surface area (Å²) < 4.78 is 18.7. The van der Waals surface area contributed by atoms with Crippen molar-refractivity contribution in [2.75, 3.05) is 7.11 Å². The van der Waals surface area contributed by atoms with Gasteiger partial charge in [0.05, 0.1) is 7.11 Å². The fourth-order valence-electron chi connectivity index (χ4n) is 1.85. The average Bonchev–Trinajstić information content (AvgIpc) is 2.28. The largest absolute Gasteiger partial charge is 0.497 e. The number of hydrogen-bond donors (Lipinski definition) is 1. The van der Waals surface area contributed by atoms with Gasteiger partial charge in [-0.25, -0.2) is 4.39 Å². The number of rotatable bonds is 5. The highest BCUT2D eigenvalue weighted by atomic mass is 19.1. The molecule has 0 bridgehead atoms. The normalized spacial score (nSPS) is 14.6. The summed E-state index contributed by atoms with van der Waals surface area (Å²) in [5, 5.41) is 0. The zero-order valence-corrected chi connectivity index (χ0v) is 10.2. The predicted molar refractivity (Wildman–Crippen MR) is 64.0 cm³/mol. The molecule has 1 aromatic carbocycles. The maximum atomic E-state index is 13.7. The van der Waals surface area contributed by atoms with Gasteiger partial charge in [-0.3, -0.25) is 0 Å². The number of nitrogens with two attached hydrogens (primary N) is 1. The monoisotopic (exact) mass is 225 g/mol. The van der Waals surface area contributed by atoms with E-state index >= 15 is 0 Å². The van der Waals surface area contributed by atoms with Crippen molar-refractivity contribution in [3.05, 3.63) is 29.6 Å². The van der Waals surface area contributed by atoms with E-state index in [1.165, 1.54) is 13.2 Å². The van der Waals surface area contributed by atoms with Crippen LogP contribution in [-0.2, 0) is 0 Å². The van der Waals surface area contributed by atoms with Crippen LogP contribution in [-0.4, -0.2) is 7.11 Å². The zero-order valence-electron chi connectivity index (χ0n) is 10.2. The second-order valence-electron chi connectivity index (χ2n) is 4.18. The fraction of sp³-hybridized carbons (Fsp3) is 0.538. The molecular weight excluding hydrogens is 205 g/mol. The summed E-state index contributed by atoms with van der Waals surface area (Å²) in [6, 6.07) is 4.60. The van der Waals surface area contributed by atoms with Gasteiger partial charge in [-0.1, -0.05) is 26.3 Å². The van der Waals surface area contributed by atoms with Crippen LogP contribution in [0.5, 0.6) is 5.75 Å². The molecule has 16 heavy (non-hydrogen) atoms. The highest BCUT2D eigenvalue weighted by molar-refractivity contribution is 5.30. The smallest absolute Gasteiger partial charge is 0.131 e. The molecule has 2 unspecified atom stereocenters. The molecule has 1 rings (SSSR count). The van der Waals surface area contributed by atoms with E-state index in [0.29, 0.717) is 11.3 Å². The Hall–Kier alpha value is -1.09. The molecule has 0 aliphatic heterocycles. The van der Waals surface area contributed by atoms with Crippen LogP contribution in [0.15, 0.2) is 18.2 Å². The van der Waals surface area contributed by atoms with Gasteiger partial charge in [0.1, 0.15) is 11.6 Å². The molecule has 0 amide bonds. The molecule has 0 saturated carbocycles. The summed E-state index contributed by atoms with van der Waals surface area (Å²) in [5.41, 5.74) is 6.61. The lowest BCUT2D eigenvalue weighted by Gasteiger charge is -2.20. The van der Waals surface area contributed by atoms with Crippen molar-refractivity contribution >= 4 is 0 Å². The number of methoxy groups -OCH3 is 1. The van der Waals surface area contributed by atoms with Crippen molar-refractivity contribution in [1.82, 2.24) is 0 Å². The molecule has 2 nitrogen and oxygen atoms in total. The molecule has 0 fully saturated rings. The molecule has 0 radical (unpaired) electrons. The van der Waals surface area contributed by atoms with Crippen LogP contribution in [0.25, 0.3) is 0 Å². The van der Waals surface area contributed by atoms with Crippen LogP contribution in [0.2, 0.25) is 0 Å². The molecule has 0 aliphatic rings. The summed E-state index contributed by atoms with van der Waals surface area (Å²) in [7, 11) is 1.52. The number of halogens is 1. The van der Waals surface area contributed by atoms with E-state index < -0.39 is 0 Å². The first kappa shape index (κ1) is 13.0. The van der Waals surface area contributed by atoms with Crippen LogP contribution >= 0.6 is 0 Å². The van der Waals surface area contributed by atoms with Crippen molar-refractivity contribution in [2.24, 2.45) is 11.7 Å². The standard InChI is InChI=1S/C13H20FNO/c1-4-5-9(2)13(15)11-7-6-10(16-3)8-12(11)14/h6-9,13H,4-5,15H2,1-3H3. The van der Waals surface area contributed by atoms with E-state index in [1.54, 1.807) is 12.1 Å². The molecule has 0 aromatic heterocycles. The van der Waals surface area contributed by atoms with Gasteiger partial charge in [0.25, 0.3) is 0 Å². The zero-order chi connectivity index (χ0) is 12.1. The maximum absolute atomic E-state index is 13.7. The van der Waals surface area contributed by atoms with E-state index in [0.717, 1.165) is 12.8 Å². The Kier molecular flexibility index (Phi) is 4.74. The fourth-order valence-corrected chi connectivity index (χ4v) is 1.85. The second kappa shape index (κ2) is 5.85. The third-order valence-corrected chi connectivity index (χ3v) is 2.92. The van der Waals surface area contributed by atoms with Crippen molar-refractivity contribution in [1.29, 1.82) is 0 Å². The molecule has 1 aromatic rings. The average molecular weight is 225 g/mol. The van der Waals surface area contributed by atoms with E-state index in [-0.39, 0.29) is 17.8 Å². The molecule has 2 N–H and O–H groups in total. The van der Waals surface area contributed by atoms with Gasteiger partial charge in [0.15, 0.2) is 0 Å². The molecule has 0 saturated heterocycles. The summed E-state index contributed by atoms with van der Waals surface area (Å²) in [5.74, 6) is 0.527. The first-order valence-corrected chi connectivity index (χ1v) is 5.69. The van der Waals surface area contributed by atoms with Crippen LogP contribution in [0, 0.1) is 11.7 Å². The minimum absolute atomic E-state index is 0.245. The highest BCUT2D eigenvalue weighted by Gasteiger charge is 2.17. The second-order valence-corrected chi connectivity index (χ2v) is 4.18. The summed E-state index contributed by atoms with van der Waals surface area (Å²) in [6.45, 7) is 4.16. The van der Waals surface area contributed by atoms with Crippen LogP contribution in [0.1, 0.15) is 38.3 Å². The van der Waals surface area contributed by atoms with Gasteiger partial charge in [0.2, 0.25) is 0 Å². The Balaban J connectivity index is 2.87. The highest BCUT2D eigenvalue weighted by Crippen LogP contribution is 2.27. The molecule has 0 spiro atoms. The van der Waals surface area contributed by atoms with Gasteiger partial charge >= 0.3 is 0 Å². The molecule has 2 atom stereocenters. The topological polar surface area (TPSA) is 35.2 Å². The third kappa shape index (κ3) is 2.95. The van der Waals surface area contributed by atoms with Crippen molar-refractivity contribution in [3.63, 3.8) is 0 Å². The van der Waals surface area contributed by atoms with Crippen LogP contribution < -0.4 is 10.5 Å². The summed E-state index contributed by atoms with van der Waals surface area (Å²) in [6.07, 6.45) is 2.07. The summed E-state index contributed by atoms with van der Waals surface area (Å²) >= 11 is 0. The number of hydrogen-bond acceptors (Lipinski definition) is 2. The van der Waals surface area contributed by atoms with E-state index in [4.69, 9.17) is 10.5 Å². The Morgan fingerprint density at radius 2 is 2.12 bits per heavy atom. The van der Waals surface area contributed by atoms with Crippen molar-refractivity contribution in [3.8, 4) is 5.75 Å². The molecule has 90 valence electrons. The van der Waals surface area contributed by atoms with Gasteiger partial charge in [-0.05, 0) is 18.4 Å². The lowest BCUT2D eigenvalue weighted by molar-refractivity contribution is 0.401. The minimum Gasteiger partial charge on any atom is -0.497 e. The Bertz CT molecular complexity index is 341. The molecule has 0 aliphatic carbocycles. The number of benzene rings is 1. The number of ether oxygens (including phenoxy) is 1. The van der Waals surface area contributed by atoms with Gasteiger partial charge in [0, 0.05) is 17.7 Å². The quantitative estimate of drug-likeness (QED) is 0.834. The van der Waals surface area contributed by atoms with Crippen LogP contribution in [0.4, 0.5) is 4.39 Å². The Morgan fingerprint density at radius 1 is 1.44 bits per heavy atom. The van der Waals surface area contributed by atoms with Crippen molar-refractivity contribution < 1.29 is 9.13 Å². The van der Waals surface area contributed by atoms with E-state index in [2.05, 4.69) is 13.8 Å². The lowest BCUT2D eigenvalue weighted by atomic mass is 9.91. The molecule has 3 heteroatoms. The van der Waals surface area contributed by atoms with Gasteiger partial charge in [-0.2, -0.15) is 0 Å². The van der Waals surface area contributed by atoms with E-state index in [9.17, 15) is 4.39 Å². The first-order valence-electron chi connectivity index (χ1n) is 5.69. The van der Waals surface area contributed by atoms with E-state index in [1.807, 2.05) is 0 Å². The predicted octanol–water partition coefficient (Wildman–Crippen LogP) is 3.27. The van der Waals surface area contributed by atoms with Gasteiger partial charge in [-0.15, -0.1) is 0 Å². The molecular formula is C13H20FNO. The Labute approximate surface area is 96.6 Å². The van der Waals surface area contributed by atoms with Crippen molar-refractivity contribution in [2.45, 2.75) is 32.7 Å². The van der Waals surface area contributed by atoms with Gasteiger partial charge < -0.3 is 10.5 Å². The first-order chi connectivity index (χ1) is 7.60. The lowest BCUT2D eigenvalue weighted by Crippen LogP contribution is -2.20. The minimum atomic E-state index is -0.283. The molecule has 0 heterocycles. The van der Waals surface area contributed by atoms with Crippen LogP contribution in [0.3, 0.4) is 0 Å². The Morgan fingerprint density at radius 3 is 2.62 bits per heavy atom. The maximum Gasteiger partial charge on any atom is 0.131 e. The SMILES string of the molecule is CCCC(C)C(N)c1ccc(OC)cc1F. The summed E-state index contributed by atoms with van der Waals surface area (Å²) in [4.78, 5) is 0. The third-order valence-electron chi connectivity index (χ3n) is 2.92.